The number of hydrogen-bond acceptors (Lipinski definition) is 3. The lowest BCUT2D eigenvalue weighted by atomic mass is 10.4. The fourth-order valence-electron chi connectivity index (χ4n) is 0.864. The molecule has 1 aliphatic heterocycles. The first-order chi connectivity index (χ1) is 5.20. The van der Waals surface area contributed by atoms with Gasteiger partial charge in [-0.3, -0.25) is 9.69 Å². The van der Waals surface area contributed by atoms with Crippen LogP contribution >= 0.6 is 12.2 Å². The smallest absolute Gasteiger partial charge is 0.296 e. The van der Waals surface area contributed by atoms with Crippen LogP contribution in [0.1, 0.15) is 13.8 Å². The molecule has 0 spiro atoms. The van der Waals surface area contributed by atoms with Crippen LogP contribution in [0.3, 0.4) is 0 Å². The van der Waals surface area contributed by atoms with Crippen molar-refractivity contribution >= 4 is 23.3 Å². The molecule has 0 bridgehead atoms. The highest BCUT2D eigenvalue weighted by Gasteiger charge is 2.30. The van der Waals surface area contributed by atoms with Crippen LogP contribution in [-0.4, -0.2) is 22.5 Å². The normalized spacial score (nSPS) is 21.3. The van der Waals surface area contributed by atoms with Crippen molar-refractivity contribution in [3.63, 3.8) is 0 Å². The topological polar surface area (TPSA) is 29.5 Å². The van der Waals surface area contributed by atoms with E-state index in [0.29, 0.717) is 12.3 Å². The van der Waals surface area contributed by atoms with Gasteiger partial charge in [0.1, 0.15) is 0 Å². The first-order valence-corrected chi connectivity index (χ1v) is 3.81. The number of hydrogen-bond donors (Lipinski definition) is 0. The number of rotatable bonds is 1. The van der Waals surface area contributed by atoms with Crippen molar-refractivity contribution in [3.8, 4) is 0 Å². The van der Waals surface area contributed by atoms with Gasteiger partial charge >= 0.3 is 0 Å². The van der Waals surface area contributed by atoms with Crippen LogP contribution in [0.25, 0.3) is 0 Å². The predicted octanol–water partition coefficient (Wildman–Crippen LogP) is 1.05. The zero-order valence-corrected chi connectivity index (χ0v) is 7.27. The van der Waals surface area contributed by atoms with Gasteiger partial charge in [-0.1, -0.05) is 0 Å². The molecule has 60 valence electrons. The summed E-state index contributed by atoms with van der Waals surface area (Å²) >= 11 is 4.80. The highest BCUT2D eigenvalue weighted by atomic mass is 32.1. The standard InChI is InChI=1S/C7H9NO2S/c1-3-5-6(9)8(4-2)7(11)10-5/h3H,4H2,1-2H3. The van der Waals surface area contributed by atoms with E-state index in [9.17, 15) is 4.79 Å². The van der Waals surface area contributed by atoms with Crippen LogP contribution in [-0.2, 0) is 9.53 Å². The summed E-state index contributed by atoms with van der Waals surface area (Å²) in [6.07, 6.45) is 1.62. The molecule has 1 heterocycles. The fourth-order valence-corrected chi connectivity index (χ4v) is 1.17. The number of allylic oxidation sites excluding steroid dienone is 1. The quantitative estimate of drug-likeness (QED) is 0.436. The zero-order chi connectivity index (χ0) is 8.43. The molecule has 1 saturated heterocycles. The summed E-state index contributed by atoms with van der Waals surface area (Å²) in [4.78, 5) is 12.6. The van der Waals surface area contributed by atoms with E-state index in [1.54, 1.807) is 13.0 Å². The molecular weight excluding hydrogens is 162 g/mol. The summed E-state index contributed by atoms with van der Waals surface area (Å²) in [5.41, 5.74) is 0. The Morgan fingerprint density at radius 2 is 2.36 bits per heavy atom. The maximum atomic E-state index is 11.2. The summed E-state index contributed by atoms with van der Waals surface area (Å²) < 4.78 is 5.00. The Hall–Kier alpha value is -0.900. The van der Waals surface area contributed by atoms with Gasteiger partial charge in [-0.25, -0.2) is 0 Å². The minimum atomic E-state index is -0.139. The molecule has 1 aliphatic rings. The number of carbonyl (C=O) groups excluding carboxylic acids is 1. The van der Waals surface area contributed by atoms with Crippen LogP contribution in [0.2, 0.25) is 0 Å². The van der Waals surface area contributed by atoms with Crippen LogP contribution in [0.15, 0.2) is 11.8 Å². The van der Waals surface area contributed by atoms with Crippen molar-refractivity contribution in [1.29, 1.82) is 0 Å². The Kier molecular flexibility index (Phi) is 2.24. The number of thiocarbonyl (C=S) groups is 1. The lowest BCUT2D eigenvalue weighted by Crippen LogP contribution is -2.27. The number of carbonyl (C=O) groups is 1. The maximum absolute atomic E-state index is 11.2. The summed E-state index contributed by atoms with van der Waals surface area (Å²) in [5, 5.41) is 0.255. The molecule has 0 aromatic carbocycles. The van der Waals surface area contributed by atoms with Gasteiger partial charge in [-0.05, 0) is 32.1 Å². The molecule has 0 aromatic rings. The monoisotopic (exact) mass is 171 g/mol. The third-order valence-corrected chi connectivity index (χ3v) is 1.76. The molecule has 3 nitrogen and oxygen atoms in total. The summed E-state index contributed by atoms with van der Waals surface area (Å²) in [7, 11) is 0. The van der Waals surface area contributed by atoms with Gasteiger partial charge in [0.15, 0.2) is 5.76 Å². The molecule has 0 N–H and O–H groups in total. The van der Waals surface area contributed by atoms with E-state index < -0.39 is 0 Å². The molecule has 0 unspecified atom stereocenters. The van der Waals surface area contributed by atoms with Gasteiger partial charge in [0.25, 0.3) is 11.1 Å². The number of amides is 1. The molecule has 0 atom stereocenters. The molecule has 0 aromatic heterocycles. The summed E-state index contributed by atoms with van der Waals surface area (Å²) in [6.45, 7) is 4.16. The summed E-state index contributed by atoms with van der Waals surface area (Å²) in [6, 6.07) is 0. The second-order valence-corrected chi connectivity index (χ2v) is 2.42. The van der Waals surface area contributed by atoms with Crippen molar-refractivity contribution in [3.05, 3.63) is 11.8 Å². The Labute approximate surface area is 70.6 Å². The van der Waals surface area contributed by atoms with Gasteiger partial charge in [0.2, 0.25) is 0 Å². The molecule has 0 saturated carbocycles. The van der Waals surface area contributed by atoms with Crippen molar-refractivity contribution in [2.24, 2.45) is 0 Å². The largest absolute Gasteiger partial charge is 0.426 e. The molecule has 1 rings (SSSR count). The average Bonchev–Trinajstić information content (AvgIpc) is 2.26. The first kappa shape index (κ1) is 8.20. The predicted molar refractivity (Wildman–Crippen MR) is 44.8 cm³/mol. The first-order valence-electron chi connectivity index (χ1n) is 3.40. The molecule has 1 amide bonds. The SMILES string of the molecule is CC=C1OC(=S)N(CC)C1=O. The van der Waals surface area contributed by atoms with E-state index in [-0.39, 0.29) is 11.1 Å². The molecule has 0 aliphatic carbocycles. The Bertz CT molecular complexity index is 235. The van der Waals surface area contributed by atoms with E-state index in [1.807, 2.05) is 6.92 Å². The van der Waals surface area contributed by atoms with Gasteiger partial charge < -0.3 is 4.74 Å². The fraction of sp³-hybridized carbons (Fsp3) is 0.429. The zero-order valence-electron chi connectivity index (χ0n) is 6.46. The molecule has 4 heteroatoms. The maximum Gasteiger partial charge on any atom is 0.296 e. The van der Waals surface area contributed by atoms with Crippen LogP contribution in [0, 0.1) is 0 Å². The number of ether oxygens (including phenoxy) is 1. The van der Waals surface area contributed by atoms with Crippen molar-refractivity contribution < 1.29 is 9.53 Å². The molecule has 1 fully saturated rings. The highest BCUT2D eigenvalue weighted by molar-refractivity contribution is 7.80. The molecular formula is C7H9NO2S. The van der Waals surface area contributed by atoms with Gasteiger partial charge in [-0.15, -0.1) is 0 Å². The van der Waals surface area contributed by atoms with E-state index >= 15 is 0 Å². The molecule has 0 radical (unpaired) electrons. The van der Waals surface area contributed by atoms with Gasteiger partial charge in [0, 0.05) is 6.54 Å². The van der Waals surface area contributed by atoms with Gasteiger partial charge in [0.05, 0.1) is 0 Å². The van der Waals surface area contributed by atoms with E-state index in [1.165, 1.54) is 4.90 Å². The highest BCUT2D eigenvalue weighted by Crippen LogP contribution is 2.15. The Balaban J connectivity index is 2.88. The van der Waals surface area contributed by atoms with Gasteiger partial charge in [-0.2, -0.15) is 0 Å². The third kappa shape index (κ3) is 1.26. The summed E-state index contributed by atoms with van der Waals surface area (Å²) in [5.74, 6) is 0.192. The number of nitrogens with zero attached hydrogens (tertiary/aromatic N) is 1. The van der Waals surface area contributed by atoms with Crippen LogP contribution < -0.4 is 0 Å². The van der Waals surface area contributed by atoms with Crippen LogP contribution in [0.4, 0.5) is 0 Å². The Morgan fingerprint density at radius 3 is 2.64 bits per heavy atom. The van der Waals surface area contributed by atoms with Crippen molar-refractivity contribution in [1.82, 2.24) is 4.90 Å². The van der Waals surface area contributed by atoms with Crippen molar-refractivity contribution in [2.45, 2.75) is 13.8 Å². The lowest BCUT2D eigenvalue weighted by molar-refractivity contribution is -0.122. The van der Waals surface area contributed by atoms with Crippen molar-refractivity contribution in [2.75, 3.05) is 6.54 Å². The molecule has 11 heavy (non-hydrogen) atoms. The van der Waals surface area contributed by atoms with E-state index in [2.05, 4.69) is 0 Å². The minimum absolute atomic E-state index is 0.139. The second kappa shape index (κ2) is 3.00. The second-order valence-electron chi connectivity index (χ2n) is 2.07. The van der Waals surface area contributed by atoms with Crippen LogP contribution in [0.5, 0.6) is 0 Å². The Morgan fingerprint density at radius 1 is 1.73 bits per heavy atom. The van der Waals surface area contributed by atoms with E-state index in [0.717, 1.165) is 0 Å². The average molecular weight is 171 g/mol. The minimum Gasteiger partial charge on any atom is -0.426 e. The van der Waals surface area contributed by atoms with E-state index in [4.69, 9.17) is 17.0 Å². The third-order valence-electron chi connectivity index (χ3n) is 1.45. The number of likely N-dealkylation sites (N-methyl/N-ethyl adjacent to an activating group) is 1. The lowest BCUT2D eigenvalue weighted by Gasteiger charge is -2.06.